The summed E-state index contributed by atoms with van der Waals surface area (Å²) in [5.74, 6) is 0. The smallest absolute Gasteiger partial charge is 0.0694 e. The van der Waals surface area contributed by atoms with Gasteiger partial charge in [-0.1, -0.05) is 0 Å². The molecule has 0 fully saturated rings. The van der Waals surface area contributed by atoms with E-state index in [1.807, 2.05) is 0 Å². The lowest BCUT2D eigenvalue weighted by Crippen LogP contribution is -2.20. The molecule has 0 atom stereocenters. The maximum atomic E-state index is 8.26. The van der Waals surface area contributed by atoms with E-state index >= 15 is 0 Å². The molecule has 0 unspecified atom stereocenters. The van der Waals surface area contributed by atoms with Gasteiger partial charge < -0.3 is 15.7 Å². The average Bonchev–Trinajstić information content (AvgIpc) is 1.89. The van der Waals surface area contributed by atoms with E-state index in [9.17, 15) is 0 Å². The number of nitrogens with two attached hydrogens (primary N) is 1. The van der Waals surface area contributed by atoms with Crippen LogP contribution in [0.25, 0.3) is 0 Å². The van der Waals surface area contributed by atoms with E-state index in [1.165, 1.54) is 0 Å². The van der Waals surface area contributed by atoms with Gasteiger partial charge in [0.05, 0.1) is 13.2 Å². The molecule has 0 saturated heterocycles. The van der Waals surface area contributed by atoms with Gasteiger partial charge in [0, 0.05) is 6.54 Å². The first-order valence-corrected chi connectivity index (χ1v) is 3.07. The summed E-state index contributed by atoms with van der Waals surface area (Å²) in [6.45, 7) is 1.82. The first kappa shape index (κ1) is 8.84. The molecule has 0 aromatic heterocycles. The molecule has 0 aromatic carbocycles. The molecule has 0 bridgehead atoms. The van der Waals surface area contributed by atoms with Crippen molar-refractivity contribution in [1.29, 1.82) is 0 Å². The number of hydroxylamine groups is 1. The van der Waals surface area contributed by atoms with Crippen molar-refractivity contribution in [3.05, 3.63) is 0 Å². The van der Waals surface area contributed by atoms with Gasteiger partial charge in [-0.2, -0.15) is 0 Å². The molecule has 9 heavy (non-hydrogen) atoms. The number of aliphatic hydroxyl groups excluding tert-OH is 1. The molecule has 56 valence electrons. The third-order valence-electron chi connectivity index (χ3n) is 0.766. The Kier molecular flexibility index (Phi) is 7.70. The average molecular weight is 134 g/mol. The molecule has 4 N–H and O–H groups in total. The van der Waals surface area contributed by atoms with E-state index < -0.39 is 0 Å². The van der Waals surface area contributed by atoms with Crippen LogP contribution in [-0.4, -0.2) is 31.4 Å². The van der Waals surface area contributed by atoms with E-state index in [1.54, 1.807) is 0 Å². The maximum Gasteiger partial charge on any atom is 0.0694 e. The van der Waals surface area contributed by atoms with Gasteiger partial charge in [-0.25, -0.2) is 5.48 Å². The minimum atomic E-state index is 0.0998. The molecule has 0 spiro atoms. The number of nitrogens with one attached hydrogen (secondary N) is 1. The van der Waals surface area contributed by atoms with Crippen LogP contribution in [0.5, 0.6) is 0 Å². The molecule has 4 nitrogen and oxygen atoms in total. The Morgan fingerprint density at radius 3 is 2.89 bits per heavy atom. The highest BCUT2D eigenvalue weighted by molar-refractivity contribution is 4.33. The van der Waals surface area contributed by atoms with Gasteiger partial charge in [-0.3, -0.25) is 0 Å². The summed E-state index contributed by atoms with van der Waals surface area (Å²) >= 11 is 0. The first-order chi connectivity index (χ1) is 4.41. The first-order valence-electron chi connectivity index (χ1n) is 3.07. The number of hydrogen-bond donors (Lipinski definition) is 3. The standard InChI is InChI=1S/C5H14N2O2/c6-2-1-5-9-7-3-4-8/h7-8H,1-6H2. The zero-order valence-corrected chi connectivity index (χ0v) is 5.47. The highest BCUT2D eigenvalue weighted by atomic mass is 16.6. The molecule has 0 saturated carbocycles. The molecular formula is C5H14N2O2. The fourth-order valence-electron chi connectivity index (χ4n) is 0.345. The van der Waals surface area contributed by atoms with E-state index in [2.05, 4.69) is 5.48 Å². The Morgan fingerprint density at radius 2 is 2.33 bits per heavy atom. The molecule has 0 aliphatic carbocycles. The van der Waals surface area contributed by atoms with Crippen LogP contribution >= 0.6 is 0 Å². The van der Waals surface area contributed by atoms with Crippen LogP contribution in [0.15, 0.2) is 0 Å². The van der Waals surface area contributed by atoms with Crippen molar-refractivity contribution in [2.45, 2.75) is 6.42 Å². The monoisotopic (exact) mass is 134 g/mol. The van der Waals surface area contributed by atoms with Gasteiger partial charge >= 0.3 is 0 Å². The van der Waals surface area contributed by atoms with Crippen molar-refractivity contribution < 1.29 is 9.94 Å². The Balaban J connectivity index is 2.60. The Bertz CT molecular complexity index is 46.2. The molecule has 4 heteroatoms. The van der Waals surface area contributed by atoms with Gasteiger partial charge in [-0.15, -0.1) is 0 Å². The van der Waals surface area contributed by atoms with Crippen molar-refractivity contribution in [3.63, 3.8) is 0 Å². The summed E-state index contributed by atoms with van der Waals surface area (Å²) < 4.78 is 0. The third kappa shape index (κ3) is 7.84. The van der Waals surface area contributed by atoms with Crippen molar-refractivity contribution in [2.75, 3.05) is 26.3 Å². The van der Waals surface area contributed by atoms with Gasteiger partial charge in [0.15, 0.2) is 0 Å². The lowest BCUT2D eigenvalue weighted by molar-refractivity contribution is 0.0317. The number of rotatable bonds is 6. The minimum Gasteiger partial charge on any atom is -0.395 e. The van der Waals surface area contributed by atoms with Crippen LogP contribution in [0, 0.1) is 0 Å². The Hall–Kier alpha value is -0.160. The summed E-state index contributed by atoms with van der Waals surface area (Å²) in [4.78, 5) is 4.82. The Labute approximate surface area is 55.0 Å². The lowest BCUT2D eigenvalue weighted by atomic mass is 10.5. The predicted octanol–water partition coefficient (Wildman–Crippen LogP) is -1.15. The Morgan fingerprint density at radius 1 is 1.56 bits per heavy atom. The predicted molar refractivity (Wildman–Crippen MR) is 34.7 cm³/mol. The molecular weight excluding hydrogens is 120 g/mol. The van der Waals surface area contributed by atoms with Gasteiger partial charge in [0.1, 0.15) is 0 Å². The van der Waals surface area contributed by atoms with Crippen LogP contribution in [0.2, 0.25) is 0 Å². The number of aliphatic hydroxyl groups is 1. The lowest BCUT2D eigenvalue weighted by Gasteiger charge is -2.01. The topological polar surface area (TPSA) is 67.5 Å². The second-order valence-corrected chi connectivity index (χ2v) is 1.61. The van der Waals surface area contributed by atoms with Crippen LogP contribution in [0.1, 0.15) is 6.42 Å². The SMILES string of the molecule is NCCCONCCO. The quantitative estimate of drug-likeness (QED) is 0.317. The molecule has 0 aromatic rings. The zero-order valence-electron chi connectivity index (χ0n) is 5.47. The van der Waals surface area contributed by atoms with Crippen molar-refractivity contribution in [3.8, 4) is 0 Å². The summed E-state index contributed by atoms with van der Waals surface area (Å²) in [7, 11) is 0. The molecule has 0 aliphatic rings. The minimum absolute atomic E-state index is 0.0998. The second-order valence-electron chi connectivity index (χ2n) is 1.61. The van der Waals surface area contributed by atoms with E-state index in [4.69, 9.17) is 15.7 Å². The van der Waals surface area contributed by atoms with Gasteiger partial charge in [0.25, 0.3) is 0 Å². The molecule has 0 aliphatic heterocycles. The molecule has 0 radical (unpaired) electrons. The molecule has 0 heterocycles. The highest BCUT2D eigenvalue weighted by Crippen LogP contribution is 1.72. The molecule has 0 amide bonds. The highest BCUT2D eigenvalue weighted by Gasteiger charge is 1.83. The maximum absolute atomic E-state index is 8.26. The summed E-state index contributed by atoms with van der Waals surface area (Å²) in [6, 6.07) is 0. The van der Waals surface area contributed by atoms with Crippen molar-refractivity contribution in [2.24, 2.45) is 5.73 Å². The summed E-state index contributed by atoms with van der Waals surface area (Å²) in [5, 5.41) is 8.26. The second kappa shape index (κ2) is 7.84. The fraction of sp³-hybridized carbons (Fsp3) is 1.00. The summed E-state index contributed by atoms with van der Waals surface area (Å²) in [5.41, 5.74) is 7.75. The number of hydrogen-bond acceptors (Lipinski definition) is 4. The normalized spacial score (nSPS) is 10.0. The van der Waals surface area contributed by atoms with E-state index in [0.29, 0.717) is 19.7 Å². The van der Waals surface area contributed by atoms with E-state index in [-0.39, 0.29) is 6.61 Å². The fourth-order valence-corrected chi connectivity index (χ4v) is 0.345. The molecule has 0 rings (SSSR count). The van der Waals surface area contributed by atoms with Crippen LogP contribution in [0.3, 0.4) is 0 Å². The van der Waals surface area contributed by atoms with Crippen molar-refractivity contribution >= 4 is 0 Å². The van der Waals surface area contributed by atoms with Crippen LogP contribution in [0.4, 0.5) is 0 Å². The van der Waals surface area contributed by atoms with Crippen LogP contribution in [-0.2, 0) is 4.84 Å². The van der Waals surface area contributed by atoms with Crippen molar-refractivity contribution in [1.82, 2.24) is 5.48 Å². The van der Waals surface area contributed by atoms with Crippen LogP contribution < -0.4 is 11.2 Å². The largest absolute Gasteiger partial charge is 0.395 e. The summed E-state index contributed by atoms with van der Waals surface area (Å²) in [6.07, 6.45) is 0.846. The third-order valence-corrected chi connectivity index (χ3v) is 0.766. The van der Waals surface area contributed by atoms with Gasteiger partial charge in [0.2, 0.25) is 0 Å². The van der Waals surface area contributed by atoms with Gasteiger partial charge in [-0.05, 0) is 13.0 Å². The zero-order chi connectivity index (χ0) is 6.95. The van der Waals surface area contributed by atoms with E-state index in [0.717, 1.165) is 6.42 Å².